The van der Waals surface area contributed by atoms with Crippen molar-refractivity contribution < 1.29 is 23.5 Å². The van der Waals surface area contributed by atoms with Crippen molar-refractivity contribution >= 4 is 11.8 Å². The lowest BCUT2D eigenvalue weighted by Crippen LogP contribution is -2.43. The molecule has 0 spiro atoms. The van der Waals surface area contributed by atoms with Gasteiger partial charge in [0, 0.05) is 27.7 Å². The van der Waals surface area contributed by atoms with Crippen molar-refractivity contribution in [2.75, 3.05) is 20.6 Å². The number of carbonyl (C=O) groups is 2. The Hall–Kier alpha value is -4.09. The average molecular weight is 470 g/mol. The summed E-state index contributed by atoms with van der Waals surface area (Å²) in [6, 6.07) is 5.12. The maximum atomic E-state index is 13.1. The molecule has 1 aromatic carbocycles. The second-order valence-electron chi connectivity index (χ2n) is 8.19. The molecule has 4 rings (SSSR count). The first kappa shape index (κ1) is 23.1. The first-order valence-corrected chi connectivity index (χ1v) is 10.6. The summed E-state index contributed by atoms with van der Waals surface area (Å²) in [6.45, 7) is 0.331. The van der Waals surface area contributed by atoms with Crippen molar-refractivity contribution in [1.82, 2.24) is 29.5 Å². The van der Waals surface area contributed by atoms with Gasteiger partial charge in [-0.15, -0.1) is 10.2 Å². The fourth-order valence-corrected chi connectivity index (χ4v) is 3.84. The third-order valence-electron chi connectivity index (χ3n) is 5.64. The van der Waals surface area contributed by atoms with Crippen LogP contribution >= 0.6 is 0 Å². The van der Waals surface area contributed by atoms with Crippen LogP contribution in [0.25, 0.3) is 11.6 Å². The van der Waals surface area contributed by atoms with Crippen LogP contribution in [0.1, 0.15) is 36.2 Å². The lowest BCUT2D eigenvalue weighted by Gasteiger charge is -2.26. The normalized spacial score (nSPS) is 15.5. The van der Waals surface area contributed by atoms with Crippen molar-refractivity contribution in [3.63, 3.8) is 0 Å². The lowest BCUT2D eigenvalue weighted by molar-refractivity contribution is -0.151. The summed E-state index contributed by atoms with van der Waals surface area (Å²) in [5.74, 6) is -2.23. The first-order chi connectivity index (χ1) is 16.2. The molecule has 3 aromatic rings. The van der Waals surface area contributed by atoms with Gasteiger partial charge < -0.3 is 19.3 Å². The van der Waals surface area contributed by atoms with E-state index in [2.05, 4.69) is 15.2 Å². The number of aromatic hydroxyl groups is 1. The number of benzene rings is 1. The number of nitrogens with zero attached hydrogens (tertiary/aromatic N) is 6. The molecule has 34 heavy (non-hydrogen) atoms. The highest BCUT2D eigenvalue weighted by Gasteiger charge is 2.37. The summed E-state index contributed by atoms with van der Waals surface area (Å²) < 4.78 is 19.9. The monoisotopic (exact) mass is 470 g/mol. The maximum absolute atomic E-state index is 13.1. The Kier molecular flexibility index (Phi) is 6.14. The zero-order chi connectivity index (χ0) is 24.6. The zero-order valence-corrected chi connectivity index (χ0v) is 18.9. The highest BCUT2D eigenvalue weighted by molar-refractivity contribution is 6.34. The second-order valence-corrected chi connectivity index (χ2v) is 8.19. The molecule has 0 bridgehead atoms. The minimum atomic E-state index is -0.753. The Bertz CT molecular complexity index is 1300. The molecular weight excluding hydrogens is 447 g/mol. The van der Waals surface area contributed by atoms with Crippen molar-refractivity contribution in [1.29, 1.82) is 0 Å². The number of halogens is 1. The molecule has 1 aliphatic rings. The molecule has 2 aromatic heterocycles. The Morgan fingerprint density at radius 3 is 2.62 bits per heavy atom. The standard InChI is InChI=1S/C22H23FN6O5/c1-27(2)21(32)22(33)29-10-4-5-14(29)18-24-16(17(30)20(31)28(18)3)19-26-25-15(34-19)11-12-6-8-13(23)9-7-12/h6-9,14,30H,4-5,10-11H2,1-3H3/t14-/m0/s1. The molecular formula is C22H23FN6O5. The van der Waals surface area contributed by atoms with Gasteiger partial charge in [0.25, 0.3) is 11.4 Å². The van der Waals surface area contributed by atoms with Crippen LogP contribution in [0.3, 0.4) is 0 Å². The Labute approximate surface area is 193 Å². The Balaban J connectivity index is 1.68. The minimum Gasteiger partial charge on any atom is -0.501 e. The SMILES string of the molecule is CN(C)C(=O)C(=O)N1CCC[C@H]1c1nc(-c2nnc(Cc3ccc(F)cc3)o2)c(O)c(=O)n1C. The van der Waals surface area contributed by atoms with Gasteiger partial charge in [-0.3, -0.25) is 19.0 Å². The number of hydrogen-bond donors (Lipinski definition) is 1. The van der Waals surface area contributed by atoms with Gasteiger partial charge in [0.15, 0.2) is 5.69 Å². The molecule has 0 unspecified atom stereocenters. The smallest absolute Gasteiger partial charge is 0.312 e. The van der Waals surface area contributed by atoms with Crippen molar-refractivity contribution in [3.8, 4) is 17.3 Å². The molecule has 1 atom stereocenters. The highest BCUT2D eigenvalue weighted by atomic mass is 19.1. The molecule has 11 nitrogen and oxygen atoms in total. The number of amides is 2. The third-order valence-corrected chi connectivity index (χ3v) is 5.64. The summed E-state index contributed by atoms with van der Waals surface area (Å²) in [5, 5.41) is 18.3. The number of carbonyl (C=O) groups excluding carboxylic acids is 2. The molecule has 3 heterocycles. The zero-order valence-electron chi connectivity index (χ0n) is 18.9. The van der Waals surface area contributed by atoms with Gasteiger partial charge in [0.05, 0.1) is 12.5 Å². The van der Waals surface area contributed by atoms with Crippen molar-refractivity contribution in [2.45, 2.75) is 25.3 Å². The predicted molar refractivity (Wildman–Crippen MR) is 116 cm³/mol. The summed E-state index contributed by atoms with van der Waals surface area (Å²) in [5.41, 5.74) is -0.241. The lowest BCUT2D eigenvalue weighted by atomic mass is 10.1. The number of aromatic nitrogens is 4. The number of hydrogen-bond acceptors (Lipinski definition) is 8. The van der Waals surface area contributed by atoms with E-state index < -0.39 is 29.2 Å². The third kappa shape index (κ3) is 4.26. The maximum Gasteiger partial charge on any atom is 0.312 e. The van der Waals surface area contributed by atoms with Crippen LogP contribution in [0.2, 0.25) is 0 Å². The summed E-state index contributed by atoms with van der Waals surface area (Å²) >= 11 is 0. The summed E-state index contributed by atoms with van der Waals surface area (Å²) in [6.07, 6.45) is 1.31. The van der Waals surface area contributed by atoms with Gasteiger partial charge >= 0.3 is 11.8 Å². The van der Waals surface area contributed by atoms with Crippen molar-refractivity contribution in [3.05, 3.63) is 57.7 Å². The fourth-order valence-electron chi connectivity index (χ4n) is 3.84. The average Bonchev–Trinajstić information content (AvgIpc) is 3.48. The van der Waals surface area contributed by atoms with Gasteiger partial charge in [-0.2, -0.15) is 0 Å². The van der Waals surface area contributed by atoms with Gasteiger partial charge in [-0.25, -0.2) is 9.37 Å². The molecule has 1 fully saturated rings. The van der Waals surface area contributed by atoms with Gasteiger partial charge in [-0.1, -0.05) is 12.1 Å². The molecule has 178 valence electrons. The fraction of sp³-hybridized carbons (Fsp3) is 0.364. The molecule has 0 saturated carbocycles. The molecule has 1 aliphatic heterocycles. The van der Waals surface area contributed by atoms with E-state index >= 15 is 0 Å². The van der Waals surface area contributed by atoms with Gasteiger partial charge in [0.2, 0.25) is 11.6 Å². The number of likely N-dealkylation sites (tertiary alicyclic amines) is 1. The highest BCUT2D eigenvalue weighted by Crippen LogP contribution is 2.33. The van der Waals surface area contributed by atoms with Crippen molar-refractivity contribution in [2.24, 2.45) is 7.05 Å². The molecule has 0 aliphatic carbocycles. The Morgan fingerprint density at radius 1 is 1.24 bits per heavy atom. The van der Waals surface area contributed by atoms with E-state index in [1.807, 2.05) is 0 Å². The molecule has 0 radical (unpaired) electrons. The van der Waals surface area contributed by atoms with Crippen LogP contribution in [-0.4, -0.2) is 67.1 Å². The summed E-state index contributed by atoms with van der Waals surface area (Å²) in [4.78, 5) is 44.6. The van der Waals surface area contributed by atoms with E-state index in [0.717, 1.165) is 10.1 Å². The number of likely N-dealkylation sites (N-methyl/N-ethyl adjacent to an activating group) is 1. The Morgan fingerprint density at radius 2 is 1.94 bits per heavy atom. The van der Waals surface area contributed by atoms with Gasteiger partial charge in [-0.05, 0) is 30.5 Å². The van der Waals surface area contributed by atoms with Crippen LogP contribution in [0, 0.1) is 5.82 Å². The predicted octanol–water partition coefficient (Wildman–Crippen LogP) is 1.02. The molecule has 1 N–H and O–H groups in total. The van der Waals surface area contributed by atoms with Crippen LogP contribution < -0.4 is 5.56 Å². The molecule has 2 amide bonds. The van der Waals surface area contributed by atoms with Crippen LogP contribution in [0.4, 0.5) is 4.39 Å². The van der Waals surface area contributed by atoms with E-state index in [-0.39, 0.29) is 35.5 Å². The number of rotatable bonds is 4. The molecule has 1 saturated heterocycles. The van der Waals surface area contributed by atoms with E-state index in [0.29, 0.717) is 19.4 Å². The van der Waals surface area contributed by atoms with E-state index in [1.165, 1.54) is 43.1 Å². The topological polar surface area (TPSA) is 135 Å². The quantitative estimate of drug-likeness (QED) is 0.559. The van der Waals surface area contributed by atoms with E-state index in [9.17, 15) is 23.9 Å². The summed E-state index contributed by atoms with van der Waals surface area (Å²) in [7, 11) is 4.39. The minimum absolute atomic E-state index is 0.172. The van der Waals surface area contributed by atoms with Crippen LogP contribution in [0.15, 0.2) is 33.5 Å². The van der Waals surface area contributed by atoms with Gasteiger partial charge in [0.1, 0.15) is 11.6 Å². The second kappa shape index (κ2) is 9.04. The molecule has 12 heteroatoms. The van der Waals surface area contributed by atoms with Crippen LogP contribution in [0.5, 0.6) is 5.75 Å². The van der Waals surface area contributed by atoms with E-state index in [1.54, 1.807) is 12.1 Å². The first-order valence-electron chi connectivity index (χ1n) is 10.6. The van der Waals surface area contributed by atoms with E-state index in [4.69, 9.17) is 4.42 Å². The van der Waals surface area contributed by atoms with Crippen LogP contribution in [-0.2, 0) is 23.1 Å². The largest absolute Gasteiger partial charge is 0.501 e.